The van der Waals surface area contributed by atoms with Crippen molar-refractivity contribution in [3.63, 3.8) is 0 Å². The molecule has 0 atom stereocenters. The van der Waals surface area contributed by atoms with Crippen molar-refractivity contribution in [1.29, 1.82) is 0 Å². The largest absolute Gasteiger partial charge is 0.493 e. The minimum absolute atomic E-state index is 0.0143. The predicted octanol–water partition coefficient (Wildman–Crippen LogP) is 4.87. The van der Waals surface area contributed by atoms with Gasteiger partial charge in [-0.05, 0) is 61.9 Å². The zero-order valence-corrected chi connectivity index (χ0v) is 21.7. The van der Waals surface area contributed by atoms with Crippen LogP contribution in [0.2, 0.25) is 5.02 Å². The van der Waals surface area contributed by atoms with Crippen molar-refractivity contribution in [1.82, 2.24) is 19.3 Å². The number of carbonyl (C=O) groups excluding carboxylic acids is 1. The van der Waals surface area contributed by atoms with Crippen LogP contribution in [-0.2, 0) is 16.6 Å². The number of fused-ring (bicyclic) bond motifs is 1. The minimum atomic E-state index is -3.71. The molecule has 2 aromatic heterocycles. The van der Waals surface area contributed by atoms with Crippen LogP contribution in [-0.4, -0.2) is 41.2 Å². The zero-order valence-electron chi connectivity index (χ0n) is 20.1. The van der Waals surface area contributed by atoms with Crippen LogP contribution < -0.4 is 9.46 Å². The van der Waals surface area contributed by atoms with E-state index in [1.165, 1.54) is 31.7 Å². The van der Waals surface area contributed by atoms with Gasteiger partial charge in [0.2, 0.25) is 10.0 Å². The Balaban J connectivity index is 1.52. The van der Waals surface area contributed by atoms with E-state index in [-0.39, 0.29) is 11.4 Å². The van der Waals surface area contributed by atoms with Gasteiger partial charge in [0.25, 0.3) is 5.91 Å². The van der Waals surface area contributed by atoms with Crippen LogP contribution in [0, 0.1) is 12.8 Å². The maximum atomic E-state index is 12.6. The Hall–Kier alpha value is -2.65. The van der Waals surface area contributed by atoms with E-state index in [2.05, 4.69) is 14.7 Å². The Morgan fingerprint density at radius 3 is 2.69 bits per heavy atom. The Morgan fingerprint density at radius 2 is 1.97 bits per heavy atom. The summed E-state index contributed by atoms with van der Waals surface area (Å²) in [6.07, 6.45) is 6.18. The van der Waals surface area contributed by atoms with Gasteiger partial charge in [-0.1, -0.05) is 43.9 Å². The van der Waals surface area contributed by atoms with Gasteiger partial charge in [0, 0.05) is 5.02 Å². The lowest BCUT2D eigenvalue weighted by molar-refractivity contribution is 0.0977. The number of aromatic nitrogens is 3. The molecular formula is C25H31ClN4O4S. The Kier molecular flexibility index (Phi) is 7.96. The molecule has 188 valence electrons. The number of hydrogen-bond donors (Lipinski definition) is 1. The molecule has 35 heavy (non-hydrogen) atoms. The first-order valence-corrected chi connectivity index (χ1v) is 14.1. The summed E-state index contributed by atoms with van der Waals surface area (Å²) in [7, 11) is -3.71. The van der Waals surface area contributed by atoms with Gasteiger partial charge in [-0.3, -0.25) is 4.79 Å². The summed E-state index contributed by atoms with van der Waals surface area (Å²) in [5, 5.41) is 0.575. The summed E-state index contributed by atoms with van der Waals surface area (Å²) in [5.74, 6) is 1.22. The highest BCUT2D eigenvalue weighted by atomic mass is 35.5. The molecule has 4 rings (SSSR count). The van der Waals surface area contributed by atoms with Crippen LogP contribution in [0.25, 0.3) is 11.2 Å². The number of sulfonamides is 1. The fourth-order valence-electron chi connectivity index (χ4n) is 4.32. The number of hydrogen-bond acceptors (Lipinski definition) is 6. The summed E-state index contributed by atoms with van der Waals surface area (Å²) in [6.45, 7) is 4.85. The van der Waals surface area contributed by atoms with Crippen LogP contribution in [0.1, 0.15) is 67.3 Å². The number of amides is 1. The molecule has 1 saturated carbocycles. The van der Waals surface area contributed by atoms with E-state index in [9.17, 15) is 13.2 Å². The lowest BCUT2D eigenvalue weighted by Gasteiger charge is -2.13. The first kappa shape index (κ1) is 25.4. The third kappa shape index (κ3) is 6.32. The second-order valence-corrected chi connectivity index (χ2v) is 11.4. The molecule has 0 aliphatic heterocycles. The minimum Gasteiger partial charge on any atom is -0.493 e. The van der Waals surface area contributed by atoms with Crippen LogP contribution in [0.5, 0.6) is 5.75 Å². The van der Waals surface area contributed by atoms with Gasteiger partial charge in [-0.25, -0.2) is 23.1 Å². The lowest BCUT2D eigenvalue weighted by atomic mass is 10.1. The van der Waals surface area contributed by atoms with Crippen LogP contribution in [0.3, 0.4) is 0 Å². The van der Waals surface area contributed by atoms with Crippen LogP contribution in [0.4, 0.5) is 0 Å². The molecule has 0 bridgehead atoms. The summed E-state index contributed by atoms with van der Waals surface area (Å²) >= 11 is 6.58. The van der Waals surface area contributed by atoms with Crippen molar-refractivity contribution in [2.75, 3.05) is 12.4 Å². The Labute approximate surface area is 211 Å². The fraction of sp³-hybridized carbons (Fsp3) is 0.480. The lowest BCUT2D eigenvalue weighted by Crippen LogP contribution is -2.33. The second kappa shape index (κ2) is 11.0. The number of nitrogens with zero attached hydrogens (tertiary/aromatic N) is 3. The third-order valence-electron chi connectivity index (χ3n) is 6.34. The van der Waals surface area contributed by atoms with Gasteiger partial charge in [-0.15, -0.1) is 0 Å². The number of carbonyl (C=O) groups is 1. The smallest absolute Gasteiger partial charge is 0.283 e. The molecule has 3 aromatic rings. The number of nitrogens with one attached hydrogen (secondary N) is 1. The topological polar surface area (TPSA) is 103 Å². The highest BCUT2D eigenvalue weighted by Crippen LogP contribution is 2.28. The second-order valence-electron chi connectivity index (χ2n) is 9.10. The molecule has 0 saturated heterocycles. The number of pyridine rings is 1. The first-order valence-electron chi connectivity index (χ1n) is 12.1. The highest BCUT2D eigenvalue weighted by Gasteiger charge is 2.19. The molecule has 1 fully saturated rings. The molecule has 0 unspecified atom stereocenters. The summed E-state index contributed by atoms with van der Waals surface area (Å²) < 4.78 is 34.2. The van der Waals surface area contributed by atoms with Crippen LogP contribution >= 0.6 is 11.6 Å². The predicted molar refractivity (Wildman–Crippen MR) is 136 cm³/mol. The third-order valence-corrected chi connectivity index (χ3v) is 8.02. The van der Waals surface area contributed by atoms with Gasteiger partial charge in [-0.2, -0.15) is 0 Å². The Morgan fingerprint density at radius 1 is 1.20 bits per heavy atom. The molecule has 2 heterocycles. The summed E-state index contributed by atoms with van der Waals surface area (Å²) in [5.41, 5.74) is 1.97. The molecule has 10 heteroatoms. The van der Waals surface area contributed by atoms with Crippen molar-refractivity contribution in [3.05, 3.63) is 52.4 Å². The SMILES string of the molecule is CCCCS(=O)(=O)NC(=O)c1ccc2nc(C)n(Cc3ccc(OCC4CCCC4)cc3Cl)c2n1. The average Bonchev–Trinajstić information content (AvgIpc) is 3.45. The number of aryl methyl sites for hydroxylation is 1. The van der Waals surface area contributed by atoms with E-state index in [0.29, 0.717) is 53.9 Å². The summed E-state index contributed by atoms with van der Waals surface area (Å²) in [4.78, 5) is 21.5. The normalized spacial score (nSPS) is 14.5. The molecule has 0 radical (unpaired) electrons. The van der Waals surface area contributed by atoms with Crippen LogP contribution in [0.15, 0.2) is 30.3 Å². The maximum Gasteiger partial charge on any atom is 0.283 e. The molecule has 1 amide bonds. The number of halogens is 1. The van der Waals surface area contributed by atoms with Gasteiger partial charge >= 0.3 is 0 Å². The summed E-state index contributed by atoms with van der Waals surface area (Å²) in [6, 6.07) is 8.81. The van der Waals surface area contributed by atoms with E-state index in [1.54, 1.807) is 6.07 Å². The van der Waals surface area contributed by atoms with Crippen molar-refractivity contribution < 1.29 is 17.9 Å². The number of imidazole rings is 1. The molecule has 8 nitrogen and oxygen atoms in total. The zero-order chi connectivity index (χ0) is 25.0. The number of rotatable bonds is 10. The van der Waals surface area contributed by atoms with Gasteiger partial charge in [0.05, 0.1) is 18.9 Å². The van der Waals surface area contributed by atoms with E-state index < -0.39 is 15.9 Å². The standard InChI is InChI=1S/C25H31ClN4O4S/c1-3-4-13-35(32,33)29-25(31)23-12-11-22-24(28-23)30(17(2)27-22)15-19-9-10-20(14-21(19)26)34-16-18-7-5-6-8-18/h9-12,14,18H,3-8,13,15-16H2,1-2H3,(H,29,31). The molecule has 1 aliphatic rings. The quantitative estimate of drug-likeness (QED) is 0.410. The highest BCUT2D eigenvalue weighted by molar-refractivity contribution is 7.90. The van der Waals surface area contributed by atoms with Gasteiger partial charge in [0.1, 0.15) is 22.8 Å². The Bertz CT molecular complexity index is 1320. The molecule has 1 aromatic carbocycles. The number of benzene rings is 1. The number of ether oxygens (including phenoxy) is 1. The van der Waals surface area contributed by atoms with Crippen molar-refractivity contribution in [2.45, 2.75) is 58.9 Å². The monoisotopic (exact) mass is 518 g/mol. The van der Waals surface area contributed by atoms with Crippen molar-refractivity contribution in [2.24, 2.45) is 5.92 Å². The molecule has 0 spiro atoms. The first-order chi connectivity index (χ1) is 16.8. The average molecular weight is 519 g/mol. The fourth-order valence-corrected chi connectivity index (χ4v) is 5.71. The van der Waals surface area contributed by atoms with E-state index in [1.807, 2.05) is 36.6 Å². The van der Waals surface area contributed by atoms with E-state index in [4.69, 9.17) is 16.3 Å². The molecule has 1 N–H and O–H groups in total. The van der Waals surface area contributed by atoms with Crippen molar-refractivity contribution in [3.8, 4) is 5.75 Å². The molecular weight excluding hydrogens is 488 g/mol. The van der Waals surface area contributed by atoms with E-state index >= 15 is 0 Å². The van der Waals surface area contributed by atoms with E-state index in [0.717, 1.165) is 11.3 Å². The van der Waals surface area contributed by atoms with Gasteiger partial charge in [0.15, 0.2) is 5.65 Å². The van der Waals surface area contributed by atoms with Gasteiger partial charge < -0.3 is 9.30 Å². The van der Waals surface area contributed by atoms with Crippen molar-refractivity contribution >= 4 is 38.7 Å². The maximum absolute atomic E-state index is 12.6. The number of unbranched alkanes of at least 4 members (excludes halogenated alkanes) is 1. The molecule has 1 aliphatic carbocycles.